The van der Waals surface area contributed by atoms with Crippen LogP contribution in [-0.4, -0.2) is 60.2 Å². The van der Waals surface area contributed by atoms with Gasteiger partial charge in [-0.05, 0) is 7.05 Å². The molecule has 0 saturated carbocycles. The van der Waals surface area contributed by atoms with Crippen LogP contribution in [0.4, 0.5) is 11.6 Å². The lowest BCUT2D eigenvalue weighted by Gasteiger charge is -2.32. The molecule has 1 aromatic rings. The second-order valence-corrected chi connectivity index (χ2v) is 4.56. The number of likely N-dealkylation sites (N-methyl/N-ethyl adjacent to an activating group) is 1. The summed E-state index contributed by atoms with van der Waals surface area (Å²) in [6.07, 6.45) is 0.840. The fourth-order valence-electron chi connectivity index (χ4n) is 1.92. The van der Waals surface area contributed by atoms with Gasteiger partial charge >= 0.3 is 0 Å². The van der Waals surface area contributed by atoms with Gasteiger partial charge in [-0.25, -0.2) is 15.0 Å². The van der Waals surface area contributed by atoms with E-state index in [1.54, 1.807) is 0 Å². The minimum absolute atomic E-state index is 0.840. The normalized spacial score (nSPS) is 17.7. The molecule has 18 heavy (non-hydrogen) atoms. The Morgan fingerprint density at radius 1 is 1.17 bits per heavy atom. The summed E-state index contributed by atoms with van der Waals surface area (Å²) < 4.78 is 0. The van der Waals surface area contributed by atoms with E-state index in [4.69, 9.17) is 0 Å². The van der Waals surface area contributed by atoms with Gasteiger partial charge in [-0.2, -0.15) is 0 Å². The SMILES string of the molecule is CCc1nc(NC)cc(NN2CCN(C)CC2)n1. The average Bonchev–Trinajstić information content (AvgIpc) is 2.41. The molecule has 2 rings (SSSR count). The van der Waals surface area contributed by atoms with E-state index in [0.717, 1.165) is 50.1 Å². The number of hydrazine groups is 1. The van der Waals surface area contributed by atoms with E-state index in [2.05, 4.69) is 44.6 Å². The number of nitrogens with one attached hydrogen (secondary N) is 2. The van der Waals surface area contributed by atoms with Crippen LogP contribution in [0.5, 0.6) is 0 Å². The monoisotopic (exact) mass is 250 g/mol. The summed E-state index contributed by atoms with van der Waals surface area (Å²) in [5, 5.41) is 5.28. The lowest BCUT2D eigenvalue weighted by Crippen LogP contribution is -2.47. The molecule has 1 aliphatic heterocycles. The van der Waals surface area contributed by atoms with Crippen LogP contribution >= 0.6 is 0 Å². The summed E-state index contributed by atoms with van der Waals surface area (Å²) in [4.78, 5) is 11.2. The summed E-state index contributed by atoms with van der Waals surface area (Å²) in [6, 6.07) is 1.94. The van der Waals surface area contributed by atoms with Gasteiger partial charge in [0.15, 0.2) is 0 Å². The summed E-state index contributed by atoms with van der Waals surface area (Å²) in [6.45, 7) is 6.25. The smallest absolute Gasteiger partial charge is 0.146 e. The van der Waals surface area contributed by atoms with Gasteiger partial charge in [0.25, 0.3) is 0 Å². The first-order valence-corrected chi connectivity index (χ1v) is 6.47. The minimum atomic E-state index is 0.840. The van der Waals surface area contributed by atoms with Gasteiger partial charge in [-0.3, -0.25) is 0 Å². The van der Waals surface area contributed by atoms with Gasteiger partial charge in [0, 0.05) is 45.7 Å². The molecule has 100 valence electrons. The van der Waals surface area contributed by atoms with Crippen molar-refractivity contribution in [3.63, 3.8) is 0 Å². The number of hydrogen-bond acceptors (Lipinski definition) is 6. The highest BCUT2D eigenvalue weighted by Gasteiger charge is 2.14. The molecule has 0 bridgehead atoms. The fraction of sp³-hybridized carbons (Fsp3) is 0.667. The fourth-order valence-corrected chi connectivity index (χ4v) is 1.92. The second kappa shape index (κ2) is 5.97. The second-order valence-electron chi connectivity index (χ2n) is 4.56. The van der Waals surface area contributed by atoms with Gasteiger partial charge in [0.2, 0.25) is 0 Å². The zero-order chi connectivity index (χ0) is 13.0. The summed E-state index contributed by atoms with van der Waals surface area (Å²) >= 11 is 0. The maximum Gasteiger partial charge on any atom is 0.146 e. The zero-order valence-electron chi connectivity index (χ0n) is 11.4. The predicted octanol–water partition coefficient (Wildman–Crippen LogP) is 0.655. The van der Waals surface area contributed by atoms with Crippen LogP contribution in [0.15, 0.2) is 6.07 Å². The van der Waals surface area contributed by atoms with Crippen molar-refractivity contribution in [2.24, 2.45) is 0 Å². The summed E-state index contributed by atoms with van der Waals surface area (Å²) in [5.74, 6) is 2.59. The number of hydrogen-bond donors (Lipinski definition) is 2. The molecule has 0 unspecified atom stereocenters. The number of anilines is 2. The van der Waals surface area contributed by atoms with Crippen molar-refractivity contribution in [3.05, 3.63) is 11.9 Å². The van der Waals surface area contributed by atoms with Gasteiger partial charge in [-0.15, -0.1) is 0 Å². The topological polar surface area (TPSA) is 56.3 Å². The van der Waals surface area contributed by atoms with Crippen molar-refractivity contribution in [1.82, 2.24) is 19.9 Å². The van der Waals surface area contributed by atoms with Gasteiger partial charge in [-0.1, -0.05) is 6.92 Å². The van der Waals surface area contributed by atoms with Crippen molar-refractivity contribution in [2.75, 3.05) is 51.0 Å². The third-order valence-corrected chi connectivity index (χ3v) is 3.12. The quantitative estimate of drug-likeness (QED) is 0.818. The maximum absolute atomic E-state index is 4.50. The lowest BCUT2D eigenvalue weighted by molar-refractivity contribution is 0.178. The van der Waals surface area contributed by atoms with E-state index in [0.29, 0.717) is 0 Å². The number of nitrogens with zero attached hydrogens (tertiary/aromatic N) is 4. The van der Waals surface area contributed by atoms with Crippen LogP contribution in [0.1, 0.15) is 12.7 Å². The molecule has 1 aliphatic rings. The standard InChI is InChI=1S/C12H22N6/c1-4-10-14-11(13-2)9-12(15-10)16-18-7-5-17(3)6-8-18/h9H,4-8H2,1-3H3,(H2,13,14,15,16). The highest BCUT2D eigenvalue weighted by molar-refractivity contribution is 5.46. The summed E-state index contributed by atoms with van der Waals surface area (Å²) in [5.41, 5.74) is 3.37. The molecule has 0 amide bonds. The molecule has 0 aromatic carbocycles. The van der Waals surface area contributed by atoms with Crippen molar-refractivity contribution in [2.45, 2.75) is 13.3 Å². The van der Waals surface area contributed by atoms with Crippen LogP contribution in [-0.2, 0) is 6.42 Å². The Balaban J connectivity index is 2.03. The Labute approximate surface area is 108 Å². The first-order chi connectivity index (χ1) is 8.71. The van der Waals surface area contributed by atoms with Gasteiger partial charge in [0.1, 0.15) is 17.5 Å². The van der Waals surface area contributed by atoms with E-state index in [9.17, 15) is 0 Å². The van der Waals surface area contributed by atoms with Crippen LogP contribution in [0.2, 0.25) is 0 Å². The van der Waals surface area contributed by atoms with Crippen molar-refractivity contribution < 1.29 is 0 Å². The van der Waals surface area contributed by atoms with E-state index in [-0.39, 0.29) is 0 Å². The third kappa shape index (κ3) is 3.30. The van der Waals surface area contributed by atoms with E-state index < -0.39 is 0 Å². The molecule has 2 heterocycles. The Hall–Kier alpha value is -1.40. The van der Waals surface area contributed by atoms with Crippen molar-refractivity contribution in [1.29, 1.82) is 0 Å². The van der Waals surface area contributed by atoms with Gasteiger partial charge < -0.3 is 15.6 Å². The van der Waals surface area contributed by atoms with E-state index >= 15 is 0 Å². The molecular weight excluding hydrogens is 228 g/mol. The van der Waals surface area contributed by atoms with Crippen molar-refractivity contribution in [3.8, 4) is 0 Å². The highest BCUT2D eigenvalue weighted by Crippen LogP contribution is 2.12. The first kappa shape index (κ1) is 13.0. The van der Waals surface area contributed by atoms with Crippen LogP contribution in [0.25, 0.3) is 0 Å². The zero-order valence-corrected chi connectivity index (χ0v) is 11.4. The number of rotatable bonds is 4. The lowest BCUT2D eigenvalue weighted by atomic mass is 10.4. The molecule has 2 N–H and O–H groups in total. The highest BCUT2D eigenvalue weighted by atomic mass is 15.5. The molecule has 0 aliphatic carbocycles. The van der Waals surface area contributed by atoms with Crippen LogP contribution in [0, 0.1) is 0 Å². The largest absolute Gasteiger partial charge is 0.373 e. The number of aromatic nitrogens is 2. The van der Waals surface area contributed by atoms with Crippen LogP contribution in [0.3, 0.4) is 0 Å². The van der Waals surface area contributed by atoms with Crippen molar-refractivity contribution >= 4 is 11.6 Å². The Bertz CT molecular complexity index is 364. The van der Waals surface area contributed by atoms with E-state index in [1.165, 1.54) is 0 Å². The molecular formula is C12H22N6. The molecule has 1 saturated heterocycles. The molecule has 0 atom stereocenters. The third-order valence-electron chi connectivity index (χ3n) is 3.12. The number of aryl methyl sites for hydroxylation is 1. The summed E-state index contributed by atoms with van der Waals surface area (Å²) in [7, 11) is 4.03. The Kier molecular flexibility index (Phi) is 4.33. The molecule has 1 aromatic heterocycles. The Morgan fingerprint density at radius 2 is 1.83 bits per heavy atom. The molecule has 6 nitrogen and oxygen atoms in total. The maximum atomic E-state index is 4.50. The molecule has 1 fully saturated rings. The Morgan fingerprint density at radius 3 is 2.44 bits per heavy atom. The van der Waals surface area contributed by atoms with Crippen LogP contribution < -0.4 is 10.7 Å². The van der Waals surface area contributed by atoms with E-state index in [1.807, 2.05) is 13.1 Å². The average molecular weight is 250 g/mol. The minimum Gasteiger partial charge on any atom is -0.373 e. The molecule has 0 spiro atoms. The van der Waals surface area contributed by atoms with Gasteiger partial charge in [0.05, 0.1) is 0 Å². The molecule has 6 heteroatoms. The predicted molar refractivity (Wildman–Crippen MR) is 73.6 cm³/mol. The number of piperazine rings is 1. The first-order valence-electron chi connectivity index (χ1n) is 6.47. The molecule has 0 radical (unpaired) electrons.